The highest BCUT2D eigenvalue weighted by molar-refractivity contribution is 5.89. The van der Waals surface area contributed by atoms with Gasteiger partial charge in [-0.1, -0.05) is 13.8 Å². The molecule has 0 aliphatic carbocycles. The van der Waals surface area contributed by atoms with E-state index in [0.717, 1.165) is 7.11 Å². The minimum atomic E-state index is -1.17. The van der Waals surface area contributed by atoms with Gasteiger partial charge in [0.25, 0.3) is 0 Å². The Labute approximate surface area is 111 Å². The molecule has 0 saturated carbocycles. The first-order valence-electron chi connectivity index (χ1n) is 5.70. The normalized spacial score (nSPS) is 13.4. The van der Waals surface area contributed by atoms with Crippen LogP contribution < -0.4 is 10.6 Å². The maximum Gasteiger partial charge on any atom is 0.407 e. The number of hydrogen-bond acceptors (Lipinski definition) is 6. The molecule has 3 N–H and O–H groups in total. The van der Waals surface area contributed by atoms with Crippen LogP contribution in [0.15, 0.2) is 0 Å². The number of esters is 1. The zero-order valence-corrected chi connectivity index (χ0v) is 11.4. The number of aliphatic hydroxyl groups excluding tert-OH is 1. The van der Waals surface area contributed by atoms with Gasteiger partial charge in [-0.25, -0.2) is 9.59 Å². The van der Waals surface area contributed by atoms with Crippen LogP contribution >= 0.6 is 0 Å². The van der Waals surface area contributed by atoms with Gasteiger partial charge >= 0.3 is 12.1 Å². The Balaban J connectivity index is 4.72. The minimum Gasteiger partial charge on any atom is -0.467 e. The van der Waals surface area contributed by atoms with Gasteiger partial charge in [0.15, 0.2) is 6.04 Å². The van der Waals surface area contributed by atoms with Crippen molar-refractivity contribution in [2.75, 3.05) is 20.8 Å². The van der Waals surface area contributed by atoms with Crippen molar-refractivity contribution in [2.45, 2.75) is 25.9 Å². The highest BCUT2D eigenvalue weighted by Gasteiger charge is 2.28. The molecule has 0 aromatic heterocycles. The summed E-state index contributed by atoms with van der Waals surface area (Å²) in [7, 11) is 2.32. The molecule has 0 heterocycles. The van der Waals surface area contributed by atoms with E-state index in [4.69, 9.17) is 5.11 Å². The maximum absolute atomic E-state index is 11.9. The van der Waals surface area contributed by atoms with Gasteiger partial charge in [0.2, 0.25) is 5.91 Å². The fraction of sp³-hybridized carbons (Fsp3) is 0.727. The summed E-state index contributed by atoms with van der Waals surface area (Å²) in [4.78, 5) is 34.3. The Morgan fingerprint density at radius 1 is 1.11 bits per heavy atom. The van der Waals surface area contributed by atoms with E-state index in [2.05, 4.69) is 20.1 Å². The standard InChI is InChI=1S/C11H20N2O6/c1-6(2)8(13-11(17)19-4)9(15)12-7(5-14)10(16)18-3/h6-8,14H,5H2,1-4H3,(H,12,15)(H,13,17)/t7-,8-/m0/s1. The molecular formula is C11H20N2O6. The Morgan fingerprint density at radius 3 is 2.05 bits per heavy atom. The number of amides is 2. The largest absolute Gasteiger partial charge is 0.467 e. The number of alkyl carbamates (subject to hydrolysis) is 1. The minimum absolute atomic E-state index is 0.226. The van der Waals surface area contributed by atoms with Crippen molar-refractivity contribution in [3.05, 3.63) is 0 Å². The van der Waals surface area contributed by atoms with Gasteiger partial charge in [0, 0.05) is 0 Å². The van der Waals surface area contributed by atoms with Crippen LogP contribution in [0.2, 0.25) is 0 Å². The van der Waals surface area contributed by atoms with E-state index in [9.17, 15) is 14.4 Å². The summed E-state index contributed by atoms with van der Waals surface area (Å²) >= 11 is 0. The molecule has 0 spiro atoms. The lowest BCUT2D eigenvalue weighted by molar-refractivity contribution is -0.146. The molecule has 0 fully saturated rings. The third-order valence-electron chi connectivity index (χ3n) is 2.39. The van der Waals surface area contributed by atoms with E-state index in [0.29, 0.717) is 0 Å². The molecule has 8 heteroatoms. The second-order valence-corrected chi connectivity index (χ2v) is 4.12. The van der Waals surface area contributed by atoms with E-state index in [1.165, 1.54) is 7.11 Å². The molecule has 0 aromatic rings. The van der Waals surface area contributed by atoms with Crippen LogP contribution in [0, 0.1) is 5.92 Å². The SMILES string of the molecule is COC(=O)N[C@H](C(=O)N[C@@H](CO)C(=O)OC)C(C)C. The third-order valence-corrected chi connectivity index (χ3v) is 2.39. The van der Waals surface area contributed by atoms with Gasteiger partial charge in [-0.15, -0.1) is 0 Å². The quantitative estimate of drug-likeness (QED) is 0.537. The van der Waals surface area contributed by atoms with Crippen molar-refractivity contribution in [1.82, 2.24) is 10.6 Å². The van der Waals surface area contributed by atoms with Gasteiger partial charge < -0.3 is 25.2 Å². The van der Waals surface area contributed by atoms with Crippen molar-refractivity contribution in [3.63, 3.8) is 0 Å². The summed E-state index contributed by atoms with van der Waals surface area (Å²) in [6.07, 6.45) is -0.757. The lowest BCUT2D eigenvalue weighted by atomic mass is 10.0. The molecule has 2 atom stereocenters. The Kier molecular flexibility index (Phi) is 7.50. The van der Waals surface area contributed by atoms with E-state index < -0.39 is 36.7 Å². The van der Waals surface area contributed by atoms with Gasteiger partial charge in [0.05, 0.1) is 20.8 Å². The fourth-order valence-electron chi connectivity index (χ4n) is 1.30. The summed E-state index contributed by atoms with van der Waals surface area (Å²) in [5.74, 6) is -1.60. The summed E-state index contributed by atoms with van der Waals surface area (Å²) in [6.45, 7) is 2.83. The summed E-state index contributed by atoms with van der Waals surface area (Å²) in [5.41, 5.74) is 0. The average molecular weight is 276 g/mol. The summed E-state index contributed by atoms with van der Waals surface area (Å²) in [5, 5.41) is 13.6. The molecule has 0 aliphatic heterocycles. The van der Waals surface area contributed by atoms with Crippen molar-refractivity contribution < 1.29 is 29.0 Å². The first-order valence-corrected chi connectivity index (χ1v) is 5.70. The zero-order chi connectivity index (χ0) is 15.0. The van der Waals surface area contributed by atoms with Crippen LogP contribution in [-0.2, 0) is 19.1 Å². The Morgan fingerprint density at radius 2 is 1.68 bits per heavy atom. The van der Waals surface area contributed by atoms with Crippen LogP contribution in [0.3, 0.4) is 0 Å². The second kappa shape index (κ2) is 8.30. The average Bonchev–Trinajstić information content (AvgIpc) is 2.39. The zero-order valence-electron chi connectivity index (χ0n) is 11.4. The number of hydrogen-bond donors (Lipinski definition) is 3. The number of nitrogens with one attached hydrogen (secondary N) is 2. The van der Waals surface area contributed by atoms with Crippen molar-refractivity contribution in [2.24, 2.45) is 5.92 Å². The Bertz CT molecular complexity index is 331. The summed E-state index contributed by atoms with van der Waals surface area (Å²) < 4.78 is 8.83. The number of ether oxygens (including phenoxy) is 2. The van der Waals surface area contributed by atoms with Crippen LogP contribution in [0.25, 0.3) is 0 Å². The lowest BCUT2D eigenvalue weighted by Crippen LogP contribution is -2.54. The van der Waals surface area contributed by atoms with Crippen LogP contribution in [-0.4, -0.2) is 56.0 Å². The van der Waals surface area contributed by atoms with Gasteiger partial charge in [-0.05, 0) is 5.92 Å². The third kappa shape index (κ3) is 5.56. The Hall–Kier alpha value is -1.83. The highest BCUT2D eigenvalue weighted by Crippen LogP contribution is 2.03. The topological polar surface area (TPSA) is 114 Å². The molecule has 0 aromatic carbocycles. The molecule has 2 amide bonds. The molecule has 0 radical (unpaired) electrons. The molecule has 19 heavy (non-hydrogen) atoms. The number of carbonyl (C=O) groups is 3. The van der Waals surface area contributed by atoms with E-state index in [1.807, 2.05) is 0 Å². The van der Waals surface area contributed by atoms with Gasteiger partial charge in [0.1, 0.15) is 6.04 Å². The second-order valence-electron chi connectivity index (χ2n) is 4.12. The lowest BCUT2D eigenvalue weighted by Gasteiger charge is -2.23. The first kappa shape index (κ1) is 17.2. The molecule has 0 rings (SSSR count). The van der Waals surface area contributed by atoms with Gasteiger partial charge in [-0.3, -0.25) is 4.79 Å². The predicted molar refractivity (Wildman–Crippen MR) is 65.2 cm³/mol. The van der Waals surface area contributed by atoms with Crippen LogP contribution in [0.4, 0.5) is 4.79 Å². The monoisotopic (exact) mass is 276 g/mol. The van der Waals surface area contributed by atoms with Crippen molar-refractivity contribution in [3.8, 4) is 0 Å². The molecular weight excluding hydrogens is 256 g/mol. The van der Waals surface area contributed by atoms with Crippen molar-refractivity contribution in [1.29, 1.82) is 0 Å². The smallest absolute Gasteiger partial charge is 0.407 e. The van der Waals surface area contributed by atoms with Crippen molar-refractivity contribution >= 4 is 18.0 Å². The fourth-order valence-corrected chi connectivity index (χ4v) is 1.30. The first-order chi connectivity index (χ1) is 8.87. The molecule has 0 saturated heterocycles. The predicted octanol–water partition coefficient (Wildman–Crippen LogP) is -0.983. The van der Waals surface area contributed by atoms with E-state index in [1.54, 1.807) is 13.8 Å². The molecule has 110 valence electrons. The molecule has 0 bridgehead atoms. The number of rotatable bonds is 6. The molecule has 8 nitrogen and oxygen atoms in total. The van der Waals surface area contributed by atoms with Crippen LogP contribution in [0.5, 0.6) is 0 Å². The summed E-state index contributed by atoms with van der Waals surface area (Å²) in [6, 6.07) is -2.05. The number of carbonyl (C=O) groups excluding carboxylic acids is 3. The number of methoxy groups -OCH3 is 2. The number of aliphatic hydroxyl groups is 1. The molecule has 0 unspecified atom stereocenters. The highest BCUT2D eigenvalue weighted by atomic mass is 16.5. The van der Waals surface area contributed by atoms with E-state index >= 15 is 0 Å². The molecule has 0 aliphatic rings. The maximum atomic E-state index is 11.9. The van der Waals surface area contributed by atoms with Gasteiger partial charge in [-0.2, -0.15) is 0 Å². The van der Waals surface area contributed by atoms with Crippen LogP contribution in [0.1, 0.15) is 13.8 Å². The van der Waals surface area contributed by atoms with E-state index in [-0.39, 0.29) is 5.92 Å².